The Balaban J connectivity index is 1.57. The lowest BCUT2D eigenvalue weighted by atomic mass is 9.97. The van der Waals surface area contributed by atoms with Crippen molar-refractivity contribution in [1.82, 2.24) is 10.2 Å². The molecule has 2 amide bonds. The normalized spacial score (nSPS) is 23.9. The molecule has 1 unspecified atom stereocenters. The van der Waals surface area contributed by atoms with Gasteiger partial charge in [-0.25, -0.2) is 0 Å². The van der Waals surface area contributed by atoms with Crippen LogP contribution in [0.1, 0.15) is 79.9 Å². The summed E-state index contributed by atoms with van der Waals surface area (Å²) in [6, 6.07) is 16.6. The summed E-state index contributed by atoms with van der Waals surface area (Å²) in [6.07, 6.45) is 5.17. The second-order valence-corrected chi connectivity index (χ2v) is 9.11. The van der Waals surface area contributed by atoms with E-state index in [9.17, 15) is 14.4 Å². The average molecular weight is 433 g/mol. The van der Waals surface area contributed by atoms with Crippen molar-refractivity contribution >= 4 is 17.6 Å². The number of nitrogens with one attached hydrogen (secondary N) is 1. The minimum atomic E-state index is -0.462. The summed E-state index contributed by atoms with van der Waals surface area (Å²) >= 11 is 0. The zero-order chi connectivity index (χ0) is 22.7. The van der Waals surface area contributed by atoms with Crippen LogP contribution >= 0.6 is 0 Å². The predicted molar refractivity (Wildman–Crippen MR) is 124 cm³/mol. The van der Waals surface area contributed by atoms with E-state index in [1.807, 2.05) is 73.3 Å². The highest BCUT2D eigenvalue weighted by atomic mass is 16.2. The summed E-state index contributed by atoms with van der Waals surface area (Å²) in [5, 5.41) is 3.01. The van der Waals surface area contributed by atoms with Crippen molar-refractivity contribution in [3.63, 3.8) is 0 Å². The second kappa shape index (κ2) is 9.68. The van der Waals surface area contributed by atoms with Gasteiger partial charge < -0.3 is 10.2 Å². The van der Waals surface area contributed by atoms with Crippen molar-refractivity contribution in [2.45, 2.75) is 70.5 Å². The van der Waals surface area contributed by atoms with Crippen LogP contribution in [0.15, 0.2) is 54.6 Å². The van der Waals surface area contributed by atoms with E-state index in [1.54, 1.807) is 0 Å². The molecule has 0 aliphatic carbocycles. The largest absolute Gasteiger partial charge is 0.344 e. The number of ketones is 1. The molecule has 2 saturated heterocycles. The smallest absolute Gasteiger partial charge is 0.245 e. The minimum Gasteiger partial charge on any atom is -0.344 e. The van der Waals surface area contributed by atoms with Crippen LogP contribution in [0.4, 0.5) is 0 Å². The molecule has 5 nitrogen and oxygen atoms in total. The lowest BCUT2D eigenvalue weighted by Crippen LogP contribution is -2.50. The zero-order valence-corrected chi connectivity index (χ0v) is 18.9. The molecule has 2 heterocycles. The molecule has 2 fully saturated rings. The van der Waals surface area contributed by atoms with Crippen molar-refractivity contribution in [2.24, 2.45) is 5.92 Å². The Kier molecular flexibility index (Phi) is 6.73. The quantitative estimate of drug-likeness (QED) is 0.675. The van der Waals surface area contributed by atoms with Crippen LogP contribution in [0.5, 0.6) is 0 Å². The summed E-state index contributed by atoms with van der Waals surface area (Å²) < 4.78 is 0. The SMILES string of the molecule is CCC(C)C(=O)N[C@H]1CCC[C@H]2CC[C@@H](c3cccc(C(=O)c4ccccc4)c3)N2C1=O. The number of carbonyl (C=O) groups is 3. The summed E-state index contributed by atoms with van der Waals surface area (Å²) in [4.78, 5) is 41.0. The Morgan fingerprint density at radius 2 is 1.75 bits per heavy atom. The van der Waals surface area contributed by atoms with Gasteiger partial charge in [-0.05, 0) is 50.2 Å². The van der Waals surface area contributed by atoms with Crippen molar-refractivity contribution < 1.29 is 14.4 Å². The van der Waals surface area contributed by atoms with Gasteiger partial charge in [0.15, 0.2) is 5.78 Å². The molecule has 2 aliphatic rings. The van der Waals surface area contributed by atoms with Crippen LogP contribution in [-0.2, 0) is 9.59 Å². The minimum absolute atomic E-state index is 0.0112. The van der Waals surface area contributed by atoms with Gasteiger partial charge in [0.1, 0.15) is 6.04 Å². The first kappa shape index (κ1) is 22.3. The van der Waals surface area contributed by atoms with Gasteiger partial charge in [-0.15, -0.1) is 0 Å². The van der Waals surface area contributed by atoms with Crippen molar-refractivity contribution in [3.8, 4) is 0 Å². The summed E-state index contributed by atoms with van der Waals surface area (Å²) in [5.41, 5.74) is 2.30. The molecule has 0 aromatic heterocycles. The molecule has 168 valence electrons. The van der Waals surface area contributed by atoms with Crippen LogP contribution in [0.25, 0.3) is 0 Å². The van der Waals surface area contributed by atoms with Gasteiger partial charge in [0.2, 0.25) is 11.8 Å². The van der Waals surface area contributed by atoms with Crippen LogP contribution < -0.4 is 5.32 Å². The van der Waals surface area contributed by atoms with E-state index in [4.69, 9.17) is 0 Å². The van der Waals surface area contributed by atoms with Crippen molar-refractivity contribution in [1.29, 1.82) is 0 Å². The van der Waals surface area contributed by atoms with Gasteiger partial charge in [0, 0.05) is 23.1 Å². The molecular weight excluding hydrogens is 400 g/mol. The van der Waals surface area contributed by atoms with E-state index in [2.05, 4.69) is 5.32 Å². The second-order valence-electron chi connectivity index (χ2n) is 9.11. The van der Waals surface area contributed by atoms with Crippen LogP contribution in [0.2, 0.25) is 0 Å². The third kappa shape index (κ3) is 4.47. The van der Waals surface area contributed by atoms with Gasteiger partial charge in [-0.3, -0.25) is 14.4 Å². The number of carbonyl (C=O) groups excluding carboxylic acids is 3. The third-order valence-corrected chi connectivity index (χ3v) is 7.03. The fourth-order valence-electron chi connectivity index (χ4n) is 4.96. The van der Waals surface area contributed by atoms with Gasteiger partial charge in [-0.1, -0.05) is 62.4 Å². The lowest BCUT2D eigenvalue weighted by molar-refractivity contribution is -0.139. The first-order chi connectivity index (χ1) is 15.5. The Morgan fingerprint density at radius 3 is 2.50 bits per heavy atom. The molecule has 2 aliphatic heterocycles. The molecule has 4 atom stereocenters. The van der Waals surface area contributed by atoms with E-state index >= 15 is 0 Å². The van der Waals surface area contributed by atoms with E-state index in [-0.39, 0.29) is 35.6 Å². The molecule has 0 radical (unpaired) electrons. The van der Waals surface area contributed by atoms with Gasteiger partial charge in [-0.2, -0.15) is 0 Å². The van der Waals surface area contributed by atoms with Crippen LogP contribution in [-0.4, -0.2) is 34.6 Å². The molecular formula is C27H32N2O3. The summed E-state index contributed by atoms with van der Waals surface area (Å²) in [5.74, 6) is -0.137. The topological polar surface area (TPSA) is 66.5 Å². The number of benzene rings is 2. The van der Waals surface area contributed by atoms with Crippen LogP contribution in [0.3, 0.4) is 0 Å². The van der Waals surface area contributed by atoms with Gasteiger partial charge in [0.05, 0.1) is 6.04 Å². The van der Waals surface area contributed by atoms with Crippen LogP contribution in [0, 0.1) is 5.92 Å². The molecule has 32 heavy (non-hydrogen) atoms. The highest BCUT2D eigenvalue weighted by molar-refractivity contribution is 6.09. The monoisotopic (exact) mass is 432 g/mol. The lowest BCUT2D eigenvalue weighted by Gasteiger charge is -2.32. The predicted octanol–water partition coefficient (Wildman–Crippen LogP) is 4.66. The molecule has 2 aromatic carbocycles. The molecule has 5 heteroatoms. The summed E-state index contributed by atoms with van der Waals surface area (Å²) in [6.45, 7) is 3.88. The molecule has 2 aromatic rings. The molecule has 1 N–H and O–H groups in total. The number of hydrogen-bond acceptors (Lipinski definition) is 3. The number of amides is 2. The molecule has 0 bridgehead atoms. The Morgan fingerprint density at radius 1 is 1.00 bits per heavy atom. The third-order valence-electron chi connectivity index (χ3n) is 7.03. The Bertz CT molecular complexity index is 987. The standard InChI is InChI=1S/C27H32N2O3/c1-3-18(2)26(31)28-23-14-8-13-22-15-16-24(29(22)27(23)32)20-11-7-12-21(17-20)25(30)19-9-5-4-6-10-19/h4-7,9-12,17-18,22-24H,3,8,13-16H2,1-2H3,(H,28,31)/t18?,22-,23-,24-/m0/s1. The maximum absolute atomic E-state index is 13.5. The van der Waals surface area contributed by atoms with E-state index < -0.39 is 6.04 Å². The first-order valence-electron chi connectivity index (χ1n) is 11.8. The van der Waals surface area contributed by atoms with Gasteiger partial charge >= 0.3 is 0 Å². The number of rotatable bonds is 6. The van der Waals surface area contributed by atoms with E-state index in [0.29, 0.717) is 17.5 Å². The van der Waals surface area contributed by atoms with Crippen molar-refractivity contribution in [3.05, 3.63) is 71.3 Å². The number of nitrogens with zero attached hydrogens (tertiary/aromatic N) is 1. The zero-order valence-electron chi connectivity index (χ0n) is 18.9. The highest BCUT2D eigenvalue weighted by Gasteiger charge is 2.42. The van der Waals surface area contributed by atoms with Crippen molar-refractivity contribution in [2.75, 3.05) is 0 Å². The fourth-order valence-corrected chi connectivity index (χ4v) is 4.96. The van der Waals surface area contributed by atoms with E-state index in [0.717, 1.165) is 37.7 Å². The Hall–Kier alpha value is -2.95. The average Bonchev–Trinajstić information content (AvgIpc) is 3.19. The fraction of sp³-hybridized carbons (Fsp3) is 0.444. The van der Waals surface area contributed by atoms with E-state index in [1.165, 1.54) is 0 Å². The maximum atomic E-state index is 13.5. The number of fused-ring (bicyclic) bond motifs is 1. The summed E-state index contributed by atoms with van der Waals surface area (Å²) in [7, 11) is 0. The molecule has 0 saturated carbocycles. The molecule has 4 rings (SSSR count). The maximum Gasteiger partial charge on any atom is 0.245 e. The van der Waals surface area contributed by atoms with Gasteiger partial charge in [0.25, 0.3) is 0 Å². The molecule has 0 spiro atoms. The highest BCUT2D eigenvalue weighted by Crippen LogP contribution is 2.40. The number of hydrogen-bond donors (Lipinski definition) is 1. The Labute approximate surface area is 190 Å². The first-order valence-corrected chi connectivity index (χ1v) is 11.8.